The topological polar surface area (TPSA) is 147 Å². The van der Waals surface area contributed by atoms with Crippen LogP contribution in [0.2, 0.25) is 0 Å². The molecule has 2 amide bonds. The number of aromatic nitrogens is 3. The lowest BCUT2D eigenvalue weighted by atomic mass is 9.80. The van der Waals surface area contributed by atoms with Crippen LogP contribution in [-0.2, 0) is 6.54 Å². The van der Waals surface area contributed by atoms with Gasteiger partial charge in [-0.25, -0.2) is 9.78 Å². The zero-order valence-corrected chi connectivity index (χ0v) is 16.1. The van der Waals surface area contributed by atoms with Gasteiger partial charge in [-0.1, -0.05) is 24.3 Å². The molecule has 0 saturated heterocycles. The molecule has 1 atom stereocenters. The van der Waals surface area contributed by atoms with E-state index in [0.717, 1.165) is 5.56 Å². The van der Waals surface area contributed by atoms with Crippen molar-refractivity contribution in [2.45, 2.75) is 13.5 Å². The van der Waals surface area contributed by atoms with Crippen molar-refractivity contribution in [3.8, 4) is 0 Å². The number of allylic oxidation sites excluding steroid dienone is 3. The minimum Gasteiger partial charge on any atom is -0.423 e. The Hall–Kier alpha value is -3.67. The van der Waals surface area contributed by atoms with Gasteiger partial charge in [-0.3, -0.25) is 0 Å². The van der Waals surface area contributed by atoms with E-state index in [1.165, 1.54) is 6.20 Å². The summed E-state index contributed by atoms with van der Waals surface area (Å²) in [6.45, 7) is 2.14. The fourth-order valence-electron chi connectivity index (χ4n) is 3.46. The van der Waals surface area contributed by atoms with Crippen molar-refractivity contribution in [2.75, 3.05) is 5.32 Å². The maximum atomic E-state index is 12.4. The third-order valence-corrected chi connectivity index (χ3v) is 4.85. The molecule has 11 heteroatoms. The number of anilines is 1. The van der Waals surface area contributed by atoms with E-state index < -0.39 is 17.6 Å². The van der Waals surface area contributed by atoms with Gasteiger partial charge in [0.1, 0.15) is 17.7 Å². The van der Waals surface area contributed by atoms with Crippen LogP contribution in [0.1, 0.15) is 18.3 Å². The Balaban J connectivity index is 1.62. The first-order valence-corrected chi connectivity index (χ1v) is 9.16. The minimum atomic E-state index is -1.54. The molecule has 3 heterocycles. The zero-order valence-electron chi connectivity index (χ0n) is 16.1. The molecule has 2 aliphatic rings. The average molecular weight is 404 g/mol. The van der Waals surface area contributed by atoms with Gasteiger partial charge in [-0.2, -0.15) is 10.1 Å². The summed E-state index contributed by atoms with van der Waals surface area (Å²) in [4.78, 5) is 21.4. The highest BCUT2D eigenvalue weighted by molar-refractivity contribution is 6.58. The first-order valence-electron chi connectivity index (χ1n) is 9.16. The van der Waals surface area contributed by atoms with Crippen LogP contribution in [0.25, 0.3) is 5.70 Å². The summed E-state index contributed by atoms with van der Waals surface area (Å²) < 4.78 is -0.399. The largest absolute Gasteiger partial charge is 0.488 e. The molecule has 1 aromatic carbocycles. The molecule has 0 saturated carbocycles. The van der Waals surface area contributed by atoms with E-state index in [1.807, 2.05) is 6.07 Å². The number of carbonyl (C=O) groups excluding carboxylic acids is 1. The van der Waals surface area contributed by atoms with Gasteiger partial charge in [0.25, 0.3) is 0 Å². The van der Waals surface area contributed by atoms with E-state index in [-0.39, 0.29) is 5.82 Å². The van der Waals surface area contributed by atoms with E-state index in [4.69, 9.17) is 5.73 Å². The molecule has 2 aromatic rings. The molecule has 0 fully saturated rings. The summed E-state index contributed by atoms with van der Waals surface area (Å²) in [5, 5.41) is 29.9. The summed E-state index contributed by atoms with van der Waals surface area (Å²) in [5.74, 6) is 1.14. The molecule has 10 nitrogen and oxygen atoms in total. The van der Waals surface area contributed by atoms with Crippen molar-refractivity contribution >= 4 is 36.0 Å². The Morgan fingerprint density at radius 2 is 2.13 bits per heavy atom. The van der Waals surface area contributed by atoms with Crippen molar-refractivity contribution < 1.29 is 19.3 Å². The number of benzene rings is 1. The number of nitrogens with two attached hydrogens (primary N) is 1. The number of primary amides is 1. The molecular formula is C19H19BN7O3+. The number of hydrogen-bond acceptors (Lipinski definition) is 8. The number of nitrogens with zero attached hydrogens (tertiary/aromatic N) is 5. The van der Waals surface area contributed by atoms with Crippen molar-refractivity contribution in [1.82, 2.24) is 15.2 Å². The van der Waals surface area contributed by atoms with E-state index in [0.29, 0.717) is 35.1 Å². The Morgan fingerprint density at radius 1 is 1.30 bits per heavy atom. The smallest absolute Gasteiger partial charge is 0.423 e. The summed E-state index contributed by atoms with van der Waals surface area (Å²) in [5.41, 5.74) is 7.98. The van der Waals surface area contributed by atoms with Gasteiger partial charge in [0.15, 0.2) is 0 Å². The Kier molecular flexibility index (Phi) is 5.00. The van der Waals surface area contributed by atoms with Crippen LogP contribution in [-0.4, -0.2) is 48.7 Å². The summed E-state index contributed by atoms with van der Waals surface area (Å²) >= 11 is 0. The van der Waals surface area contributed by atoms with Crippen LogP contribution in [0.5, 0.6) is 0 Å². The minimum absolute atomic E-state index is 0.231. The van der Waals surface area contributed by atoms with Gasteiger partial charge < -0.3 is 21.1 Å². The summed E-state index contributed by atoms with van der Waals surface area (Å²) in [6.07, 6.45) is 8.33. The SMILES string of the molecule is CC1=C(c2nncc(NCc3cccc(B(O)O)c3)n2)[N+]2(C(N)=O)C=CC=CC2=N1. The third kappa shape index (κ3) is 3.30. The number of carbonyl (C=O) groups is 1. The molecule has 0 radical (unpaired) electrons. The van der Waals surface area contributed by atoms with Crippen molar-refractivity contribution in [3.05, 3.63) is 72.0 Å². The maximum Gasteiger partial charge on any atom is 0.488 e. The standard InChI is InChI=1S/C19H18BN7O3/c1-12-17(27(19(21)28)8-3-2-7-16(27)24-12)18-25-15(11-23-26-18)22-10-13-5-4-6-14(9-13)20(29)30/h2-9,11,29-30H,10H2,1H3,(H2-,21,22,25,26,28)/p+1. The van der Waals surface area contributed by atoms with Gasteiger partial charge >= 0.3 is 13.1 Å². The number of rotatable bonds is 5. The molecule has 30 heavy (non-hydrogen) atoms. The molecular weight excluding hydrogens is 385 g/mol. The highest BCUT2D eigenvalue weighted by Gasteiger charge is 2.51. The molecule has 0 bridgehead atoms. The van der Waals surface area contributed by atoms with Crippen LogP contribution in [0.3, 0.4) is 0 Å². The van der Waals surface area contributed by atoms with Crippen LogP contribution in [0.4, 0.5) is 10.6 Å². The maximum absolute atomic E-state index is 12.4. The fourth-order valence-corrected chi connectivity index (χ4v) is 3.46. The van der Waals surface area contributed by atoms with Gasteiger partial charge in [-0.05, 0) is 30.1 Å². The molecule has 2 aliphatic heterocycles. The molecule has 4 rings (SSSR count). The number of amides is 2. The number of amidine groups is 1. The molecule has 0 aliphatic carbocycles. The highest BCUT2D eigenvalue weighted by atomic mass is 16.4. The molecule has 1 unspecified atom stereocenters. The van der Waals surface area contributed by atoms with E-state index in [2.05, 4.69) is 25.5 Å². The predicted molar refractivity (Wildman–Crippen MR) is 112 cm³/mol. The quantitative estimate of drug-likeness (QED) is 0.412. The van der Waals surface area contributed by atoms with Crippen LogP contribution >= 0.6 is 0 Å². The Bertz CT molecular complexity index is 1140. The molecule has 5 N–H and O–H groups in total. The third-order valence-electron chi connectivity index (χ3n) is 4.85. The number of urea groups is 1. The number of quaternary nitrogens is 1. The van der Waals surface area contributed by atoms with Crippen LogP contribution in [0, 0.1) is 0 Å². The fraction of sp³-hybridized carbons (Fsp3) is 0.105. The first kappa shape index (κ1) is 19.6. The van der Waals surface area contributed by atoms with Crippen molar-refractivity contribution in [1.29, 1.82) is 0 Å². The first-order chi connectivity index (χ1) is 14.4. The molecule has 150 valence electrons. The van der Waals surface area contributed by atoms with Crippen molar-refractivity contribution in [2.24, 2.45) is 10.7 Å². The Morgan fingerprint density at radius 3 is 2.90 bits per heavy atom. The predicted octanol–water partition coefficient (Wildman–Crippen LogP) is 0.243. The van der Waals surface area contributed by atoms with Gasteiger partial charge in [0.2, 0.25) is 17.4 Å². The lowest BCUT2D eigenvalue weighted by Gasteiger charge is -2.27. The Labute approximate surface area is 172 Å². The molecule has 0 spiro atoms. The van der Waals surface area contributed by atoms with Gasteiger partial charge in [0, 0.05) is 12.6 Å². The number of hydrogen-bond donors (Lipinski definition) is 4. The van der Waals surface area contributed by atoms with Crippen LogP contribution in [0.15, 0.2) is 65.6 Å². The number of aliphatic imine (C=N–C) groups is 1. The highest BCUT2D eigenvalue weighted by Crippen LogP contribution is 2.38. The number of nitrogens with one attached hydrogen (secondary N) is 1. The summed E-state index contributed by atoms with van der Waals surface area (Å²) in [7, 11) is -1.54. The van der Waals surface area contributed by atoms with Gasteiger partial charge in [0.05, 0.1) is 6.20 Å². The lowest BCUT2D eigenvalue weighted by Crippen LogP contribution is -2.52. The van der Waals surface area contributed by atoms with Crippen LogP contribution < -0.4 is 16.5 Å². The second-order valence-electron chi connectivity index (χ2n) is 6.80. The second-order valence-corrected chi connectivity index (χ2v) is 6.80. The van der Waals surface area contributed by atoms with Gasteiger partial charge in [-0.15, -0.1) is 9.58 Å². The van der Waals surface area contributed by atoms with E-state index >= 15 is 0 Å². The monoisotopic (exact) mass is 404 g/mol. The normalized spacial score (nSPS) is 19.5. The van der Waals surface area contributed by atoms with Crippen molar-refractivity contribution in [3.63, 3.8) is 0 Å². The zero-order chi connectivity index (χ0) is 21.3. The van der Waals surface area contributed by atoms with E-state index in [9.17, 15) is 14.8 Å². The second kappa shape index (κ2) is 7.63. The molecule has 1 aromatic heterocycles. The lowest BCUT2D eigenvalue weighted by molar-refractivity contribution is -0.611. The average Bonchev–Trinajstić information content (AvgIpc) is 3.05. The number of fused-ring (bicyclic) bond motifs is 1. The van der Waals surface area contributed by atoms with E-state index in [1.54, 1.807) is 49.6 Å². The summed E-state index contributed by atoms with van der Waals surface area (Å²) in [6, 6.07) is 6.25.